The van der Waals surface area contributed by atoms with Crippen molar-refractivity contribution < 1.29 is 17.6 Å². The highest BCUT2D eigenvalue weighted by atomic mass is 32.2. The van der Waals surface area contributed by atoms with E-state index in [2.05, 4.69) is 5.32 Å². The second kappa shape index (κ2) is 6.89. The highest BCUT2D eigenvalue weighted by Gasteiger charge is 2.17. The van der Waals surface area contributed by atoms with Crippen molar-refractivity contribution in [1.82, 2.24) is 4.31 Å². The van der Waals surface area contributed by atoms with E-state index in [1.54, 1.807) is 18.2 Å². The molecule has 2 rings (SSSR count). The molecule has 0 unspecified atom stereocenters. The Balaban J connectivity index is 2.13. The topological polar surface area (TPSA) is 66.5 Å². The predicted octanol–water partition coefficient (Wildman–Crippen LogP) is 2.26. The molecule has 7 heteroatoms. The summed E-state index contributed by atoms with van der Waals surface area (Å²) in [4.78, 5) is 12.1. The number of sulfonamides is 1. The lowest BCUT2D eigenvalue weighted by Gasteiger charge is -2.12. The minimum Gasteiger partial charge on any atom is -0.326 e. The van der Waals surface area contributed by atoms with E-state index in [1.807, 2.05) is 0 Å². The summed E-state index contributed by atoms with van der Waals surface area (Å²) in [5, 5.41) is 2.62. The second-order valence-corrected chi connectivity index (χ2v) is 7.32. The van der Waals surface area contributed by atoms with Gasteiger partial charge in [-0.2, -0.15) is 0 Å². The molecule has 0 aliphatic carbocycles. The van der Waals surface area contributed by atoms with E-state index in [-0.39, 0.29) is 17.2 Å². The highest BCUT2D eigenvalue weighted by molar-refractivity contribution is 7.89. The average molecular weight is 336 g/mol. The van der Waals surface area contributed by atoms with Gasteiger partial charge in [0.1, 0.15) is 5.82 Å². The van der Waals surface area contributed by atoms with Gasteiger partial charge in [0.05, 0.1) is 11.3 Å². The van der Waals surface area contributed by atoms with Crippen molar-refractivity contribution in [2.45, 2.75) is 11.3 Å². The molecule has 5 nitrogen and oxygen atoms in total. The molecule has 0 saturated carbocycles. The first kappa shape index (κ1) is 17.1. The summed E-state index contributed by atoms with van der Waals surface area (Å²) < 4.78 is 38.3. The van der Waals surface area contributed by atoms with Crippen molar-refractivity contribution in [1.29, 1.82) is 0 Å². The van der Waals surface area contributed by atoms with Crippen molar-refractivity contribution in [2.75, 3.05) is 19.4 Å². The van der Waals surface area contributed by atoms with Crippen molar-refractivity contribution >= 4 is 21.6 Å². The lowest BCUT2D eigenvalue weighted by molar-refractivity contribution is -0.115. The smallest absolute Gasteiger partial charge is 0.242 e. The van der Waals surface area contributed by atoms with Crippen molar-refractivity contribution in [3.63, 3.8) is 0 Å². The Morgan fingerprint density at radius 1 is 1.13 bits per heavy atom. The summed E-state index contributed by atoms with van der Waals surface area (Å²) >= 11 is 0. The molecule has 0 atom stereocenters. The molecule has 2 aromatic rings. The number of benzene rings is 2. The molecule has 0 heterocycles. The van der Waals surface area contributed by atoms with E-state index in [0.717, 1.165) is 4.31 Å². The van der Waals surface area contributed by atoms with Crippen LogP contribution in [0.4, 0.5) is 10.1 Å². The van der Waals surface area contributed by atoms with Gasteiger partial charge in [-0.1, -0.05) is 18.2 Å². The molecule has 1 amide bonds. The van der Waals surface area contributed by atoms with Gasteiger partial charge in [-0.25, -0.2) is 17.1 Å². The van der Waals surface area contributed by atoms with Gasteiger partial charge in [0.15, 0.2) is 0 Å². The van der Waals surface area contributed by atoms with Crippen LogP contribution in [0.3, 0.4) is 0 Å². The van der Waals surface area contributed by atoms with Crippen LogP contribution in [-0.4, -0.2) is 32.7 Å². The van der Waals surface area contributed by atoms with E-state index in [9.17, 15) is 17.6 Å². The molecule has 23 heavy (non-hydrogen) atoms. The molecule has 0 spiro atoms. The van der Waals surface area contributed by atoms with Crippen molar-refractivity contribution in [2.24, 2.45) is 0 Å². The van der Waals surface area contributed by atoms with Crippen LogP contribution < -0.4 is 5.32 Å². The zero-order chi connectivity index (χ0) is 17.0. The molecule has 0 aromatic heterocycles. The SMILES string of the molecule is CN(C)S(=O)(=O)c1cccc(NC(=O)Cc2cccc(F)c2)c1. The van der Waals surface area contributed by atoms with Gasteiger partial charge in [0, 0.05) is 19.8 Å². The van der Waals surface area contributed by atoms with E-state index in [1.165, 1.54) is 44.4 Å². The molecular weight excluding hydrogens is 319 g/mol. The lowest BCUT2D eigenvalue weighted by Crippen LogP contribution is -2.22. The van der Waals surface area contributed by atoms with Gasteiger partial charge in [-0.05, 0) is 35.9 Å². The maximum Gasteiger partial charge on any atom is 0.242 e. The number of rotatable bonds is 5. The molecule has 0 fully saturated rings. The van der Waals surface area contributed by atoms with Gasteiger partial charge in [0.25, 0.3) is 0 Å². The summed E-state index contributed by atoms with van der Waals surface area (Å²) in [6.07, 6.45) is 0.00240. The van der Waals surface area contributed by atoms with Crippen molar-refractivity contribution in [3.8, 4) is 0 Å². The van der Waals surface area contributed by atoms with Crippen LogP contribution in [0.1, 0.15) is 5.56 Å². The maximum atomic E-state index is 13.1. The quantitative estimate of drug-likeness (QED) is 0.911. The zero-order valence-electron chi connectivity index (χ0n) is 12.8. The molecule has 0 radical (unpaired) electrons. The first-order valence-corrected chi connectivity index (χ1v) is 8.30. The van der Waals surface area contributed by atoms with Crippen LogP contribution in [0.5, 0.6) is 0 Å². The van der Waals surface area contributed by atoms with E-state index in [4.69, 9.17) is 0 Å². The van der Waals surface area contributed by atoms with Gasteiger partial charge in [-0.15, -0.1) is 0 Å². The Labute approximate surface area is 134 Å². The number of halogens is 1. The molecule has 0 aliphatic heterocycles. The fraction of sp³-hybridized carbons (Fsp3) is 0.188. The number of carbonyl (C=O) groups is 1. The molecule has 2 aromatic carbocycles. The number of anilines is 1. The van der Waals surface area contributed by atoms with Crippen LogP contribution in [0, 0.1) is 5.82 Å². The summed E-state index contributed by atoms with van der Waals surface area (Å²) in [7, 11) is -0.697. The summed E-state index contributed by atoms with van der Waals surface area (Å²) in [5.74, 6) is -0.760. The monoisotopic (exact) mass is 336 g/mol. The molecule has 0 saturated heterocycles. The average Bonchev–Trinajstić information content (AvgIpc) is 2.47. The Kier molecular flexibility index (Phi) is 5.12. The number of hydrogen-bond acceptors (Lipinski definition) is 3. The first-order valence-electron chi connectivity index (χ1n) is 6.86. The fourth-order valence-corrected chi connectivity index (χ4v) is 2.93. The summed E-state index contributed by atoms with van der Waals surface area (Å²) in [6.45, 7) is 0. The van der Waals surface area contributed by atoms with E-state index in [0.29, 0.717) is 11.3 Å². The van der Waals surface area contributed by atoms with Crippen molar-refractivity contribution in [3.05, 3.63) is 59.9 Å². The molecule has 0 bridgehead atoms. The number of nitrogens with one attached hydrogen (secondary N) is 1. The van der Waals surface area contributed by atoms with E-state index >= 15 is 0 Å². The van der Waals surface area contributed by atoms with Crippen LogP contribution >= 0.6 is 0 Å². The Morgan fingerprint density at radius 2 is 1.83 bits per heavy atom. The summed E-state index contributed by atoms with van der Waals surface area (Å²) in [6, 6.07) is 11.8. The number of carbonyl (C=O) groups excluding carboxylic acids is 1. The third-order valence-electron chi connectivity index (χ3n) is 3.15. The number of nitrogens with zero attached hydrogens (tertiary/aromatic N) is 1. The normalized spacial score (nSPS) is 11.5. The predicted molar refractivity (Wildman–Crippen MR) is 86.0 cm³/mol. The zero-order valence-corrected chi connectivity index (χ0v) is 13.6. The fourth-order valence-electron chi connectivity index (χ4n) is 1.98. The Hall–Kier alpha value is -2.25. The second-order valence-electron chi connectivity index (χ2n) is 5.17. The van der Waals surface area contributed by atoms with Crippen LogP contribution in [0.15, 0.2) is 53.4 Å². The third kappa shape index (κ3) is 4.37. The Bertz CT molecular complexity index is 820. The van der Waals surface area contributed by atoms with Gasteiger partial charge < -0.3 is 5.32 Å². The van der Waals surface area contributed by atoms with Gasteiger partial charge in [0.2, 0.25) is 15.9 Å². The number of amides is 1. The molecule has 0 aliphatic rings. The van der Waals surface area contributed by atoms with E-state index < -0.39 is 15.8 Å². The minimum absolute atomic E-state index is 0.00240. The molecule has 122 valence electrons. The minimum atomic E-state index is -3.57. The largest absolute Gasteiger partial charge is 0.326 e. The molecular formula is C16H17FN2O3S. The third-order valence-corrected chi connectivity index (χ3v) is 4.96. The van der Waals surface area contributed by atoms with Gasteiger partial charge >= 0.3 is 0 Å². The van der Waals surface area contributed by atoms with Crippen LogP contribution in [-0.2, 0) is 21.2 Å². The summed E-state index contributed by atoms with van der Waals surface area (Å²) in [5.41, 5.74) is 0.911. The molecule has 1 N–H and O–H groups in total. The first-order chi connectivity index (χ1) is 10.8. The van der Waals surface area contributed by atoms with Gasteiger partial charge in [-0.3, -0.25) is 4.79 Å². The van der Waals surface area contributed by atoms with Crippen LogP contribution in [0.2, 0.25) is 0 Å². The lowest BCUT2D eigenvalue weighted by atomic mass is 10.1. The van der Waals surface area contributed by atoms with Crippen LogP contribution in [0.25, 0.3) is 0 Å². The Morgan fingerprint density at radius 3 is 2.48 bits per heavy atom. The highest BCUT2D eigenvalue weighted by Crippen LogP contribution is 2.18. The standard InChI is InChI=1S/C16H17FN2O3S/c1-19(2)23(21,22)15-8-4-7-14(11-15)18-16(20)10-12-5-3-6-13(17)9-12/h3-9,11H,10H2,1-2H3,(H,18,20). The number of hydrogen-bond donors (Lipinski definition) is 1. The maximum absolute atomic E-state index is 13.1.